The molecule has 2 aromatic rings. The Kier molecular flexibility index (Phi) is 9.60. The molecule has 0 aromatic heterocycles. The molecular weight excluding hydrogens is 430 g/mol. The molecule has 3 rings (SSSR count). The Labute approximate surface area is 211 Å². The molecule has 1 aliphatic carbocycles. The normalized spacial score (nSPS) is 20.6. The lowest BCUT2D eigenvalue weighted by Gasteiger charge is -2.42. The van der Waals surface area contributed by atoms with Crippen molar-refractivity contribution in [3.05, 3.63) is 71.8 Å². The van der Waals surface area contributed by atoms with Crippen molar-refractivity contribution >= 4 is 8.32 Å². The fourth-order valence-electron chi connectivity index (χ4n) is 6.88. The highest BCUT2D eigenvalue weighted by Crippen LogP contribution is 2.55. The lowest BCUT2D eigenvalue weighted by Crippen LogP contribution is -2.48. The summed E-state index contributed by atoms with van der Waals surface area (Å²) >= 11 is 0. The van der Waals surface area contributed by atoms with E-state index in [0.717, 1.165) is 25.6 Å². The fraction of sp³-hybridized carbons (Fsp3) is 0.613. The third kappa shape index (κ3) is 6.03. The van der Waals surface area contributed by atoms with E-state index in [2.05, 4.69) is 114 Å². The molecule has 1 aliphatic rings. The van der Waals surface area contributed by atoms with Gasteiger partial charge in [-0.2, -0.15) is 0 Å². The zero-order chi connectivity index (χ0) is 24.8. The van der Waals surface area contributed by atoms with Gasteiger partial charge in [0.2, 0.25) is 0 Å². The van der Waals surface area contributed by atoms with Crippen LogP contribution in [-0.4, -0.2) is 25.4 Å². The molecule has 34 heavy (non-hydrogen) atoms. The van der Waals surface area contributed by atoms with Crippen LogP contribution in [0.1, 0.15) is 85.3 Å². The van der Waals surface area contributed by atoms with Crippen LogP contribution < -0.4 is 0 Å². The summed E-state index contributed by atoms with van der Waals surface area (Å²) in [5.41, 5.74) is 5.10. The first-order valence-electron chi connectivity index (χ1n) is 13.7. The van der Waals surface area contributed by atoms with Crippen LogP contribution in [0.5, 0.6) is 0 Å². The van der Waals surface area contributed by atoms with E-state index in [9.17, 15) is 0 Å². The second-order valence-corrected chi connectivity index (χ2v) is 17.0. The maximum atomic E-state index is 6.97. The molecule has 0 N–H and O–H groups in total. The van der Waals surface area contributed by atoms with Crippen molar-refractivity contribution in [1.29, 1.82) is 0 Å². The van der Waals surface area contributed by atoms with E-state index in [4.69, 9.17) is 4.43 Å². The van der Waals surface area contributed by atoms with E-state index in [1.165, 1.54) is 36.8 Å². The highest BCUT2D eigenvalue weighted by Gasteiger charge is 2.56. The largest absolute Gasteiger partial charge is 0.416 e. The average molecular weight is 480 g/mol. The maximum absolute atomic E-state index is 6.97. The summed E-state index contributed by atoms with van der Waals surface area (Å²) in [7, 11) is -1.79. The zero-order valence-electron chi connectivity index (χ0n) is 22.9. The number of nitrogens with zero attached hydrogens (tertiary/aromatic N) is 1. The predicted octanol–water partition coefficient (Wildman–Crippen LogP) is 8.83. The molecule has 0 radical (unpaired) electrons. The van der Waals surface area contributed by atoms with Crippen molar-refractivity contribution in [1.82, 2.24) is 4.90 Å². The van der Waals surface area contributed by atoms with Gasteiger partial charge in [0.1, 0.15) is 0 Å². The molecule has 3 heteroatoms. The Balaban J connectivity index is 1.76. The quantitative estimate of drug-likeness (QED) is 0.251. The monoisotopic (exact) mass is 479 g/mol. The summed E-state index contributed by atoms with van der Waals surface area (Å²) < 4.78 is 6.97. The second kappa shape index (κ2) is 12.0. The van der Waals surface area contributed by atoms with Gasteiger partial charge in [-0.3, -0.25) is 4.90 Å². The molecular formula is C31H49NOSi. The van der Waals surface area contributed by atoms with Crippen LogP contribution in [0.2, 0.25) is 16.6 Å². The summed E-state index contributed by atoms with van der Waals surface area (Å²) in [6.45, 7) is 19.7. The summed E-state index contributed by atoms with van der Waals surface area (Å²) in [4.78, 5) is 2.80. The van der Waals surface area contributed by atoms with Crippen molar-refractivity contribution in [2.24, 2.45) is 5.92 Å². The van der Waals surface area contributed by atoms with Crippen LogP contribution in [0.25, 0.3) is 0 Å². The molecule has 2 nitrogen and oxygen atoms in total. The standard InChI is InChI=1S/C31H49NOSi/c1-8-20-31(22-30(31)19-21-33-34(25(2)3,26(4)5)27(6)7)32(23-28-15-11-9-12-16-28)24-29-17-13-10-14-18-29/h9-18,25-27,30H,8,19-24H2,1-7H3/t30-,31+/m1/s1. The smallest absolute Gasteiger partial charge is 0.200 e. The maximum Gasteiger partial charge on any atom is 0.200 e. The van der Waals surface area contributed by atoms with Crippen LogP contribution in [-0.2, 0) is 17.5 Å². The van der Waals surface area contributed by atoms with Gasteiger partial charge < -0.3 is 4.43 Å². The van der Waals surface area contributed by atoms with Crippen LogP contribution >= 0.6 is 0 Å². The minimum Gasteiger partial charge on any atom is -0.416 e. The zero-order valence-corrected chi connectivity index (χ0v) is 23.9. The Morgan fingerprint density at radius 2 is 1.29 bits per heavy atom. The van der Waals surface area contributed by atoms with Crippen molar-refractivity contribution in [3.63, 3.8) is 0 Å². The average Bonchev–Trinajstić information content (AvgIpc) is 3.50. The minimum absolute atomic E-state index is 0.307. The molecule has 0 unspecified atom stereocenters. The topological polar surface area (TPSA) is 12.5 Å². The minimum atomic E-state index is -1.79. The summed E-state index contributed by atoms with van der Waals surface area (Å²) in [6.07, 6.45) is 5.02. The fourth-order valence-corrected chi connectivity index (χ4v) is 12.4. The highest BCUT2D eigenvalue weighted by molar-refractivity contribution is 6.77. The Morgan fingerprint density at radius 3 is 1.71 bits per heavy atom. The molecule has 1 saturated carbocycles. The highest BCUT2D eigenvalue weighted by atomic mass is 28.4. The number of rotatable bonds is 14. The van der Waals surface area contributed by atoms with E-state index >= 15 is 0 Å². The molecule has 0 heterocycles. The number of benzene rings is 2. The molecule has 0 spiro atoms. The van der Waals surface area contributed by atoms with Gasteiger partial charge >= 0.3 is 0 Å². The second-order valence-electron chi connectivity index (χ2n) is 11.5. The third-order valence-electron chi connectivity index (χ3n) is 8.47. The molecule has 0 aliphatic heterocycles. The van der Waals surface area contributed by atoms with E-state index in [-0.39, 0.29) is 0 Å². The van der Waals surface area contributed by atoms with Crippen molar-refractivity contribution < 1.29 is 4.43 Å². The lowest BCUT2D eigenvalue weighted by atomic mass is 10.0. The van der Waals surface area contributed by atoms with E-state index in [0.29, 0.717) is 22.2 Å². The molecule has 0 bridgehead atoms. The Hall–Kier alpha value is -1.42. The molecule has 2 atom stereocenters. The van der Waals surface area contributed by atoms with Gasteiger partial charge in [0.25, 0.3) is 0 Å². The van der Waals surface area contributed by atoms with Crippen LogP contribution in [0.3, 0.4) is 0 Å². The Morgan fingerprint density at radius 1 is 0.824 bits per heavy atom. The van der Waals surface area contributed by atoms with Gasteiger partial charge in [-0.15, -0.1) is 0 Å². The first kappa shape index (κ1) is 27.2. The summed E-state index contributed by atoms with van der Waals surface area (Å²) in [6, 6.07) is 22.1. The van der Waals surface area contributed by atoms with Gasteiger partial charge in [-0.25, -0.2) is 0 Å². The SMILES string of the molecule is CCC[C@]1(N(Cc2ccccc2)Cc2ccccc2)C[C@H]1CCO[Si](C(C)C)(C(C)C)C(C)C. The van der Waals surface area contributed by atoms with Gasteiger partial charge in [0.15, 0.2) is 8.32 Å². The molecule has 188 valence electrons. The van der Waals surface area contributed by atoms with Crippen LogP contribution in [0.15, 0.2) is 60.7 Å². The van der Waals surface area contributed by atoms with Crippen molar-refractivity contribution in [2.45, 2.75) is 109 Å². The van der Waals surface area contributed by atoms with E-state index in [1.807, 2.05) is 0 Å². The molecule has 1 fully saturated rings. The summed E-state index contributed by atoms with van der Waals surface area (Å²) in [5, 5.41) is 0. The Bertz CT molecular complexity index is 787. The molecule has 0 saturated heterocycles. The van der Waals surface area contributed by atoms with Crippen LogP contribution in [0.4, 0.5) is 0 Å². The predicted molar refractivity (Wildman–Crippen MR) is 149 cm³/mol. The number of hydrogen-bond acceptors (Lipinski definition) is 2. The summed E-state index contributed by atoms with van der Waals surface area (Å²) in [5.74, 6) is 0.734. The van der Waals surface area contributed by atoms with E-state index < -0.39 is 8.32 Å². The lowest BCUT2D eigenvalue weighted by molar-refractivity contribution is 0.126. The van der Waals surface area contributed by atoms with Gasteiger partial charge in [-0.05, 0) is 52.9 Å². The molecule has 2 aromatic carbocycles. The third-order valence-corrected chi connectivity index (χ3v) is 14.6. The van der Waals surface area contributed by atoms with Gasteiger partial charge in [0, 0.05) is 25.2 Å². The van der Waals surface area contributed by atoms with Gasteiger partial charge in [0.05, 0.1) is 0 Å². The molecule has 0 amide bonds. The van der Waals surface area contributed by atoms with Crippen LogP contribution in [0, 0.1) is 5.92 Å². The first-order chi connectivity index (χ1) is 16.3. The van der Waals surface area contributed by atoms with Crippen molar-refractivity contribution in [2.75, 3.05) is 6.61 Å². The van der Waals surface area contributed by atoms with Crippen molar-refractivity contribution in [3.8, 4) is 0 Å². The van der Waals surface area contributed by atoms with Gasteiger partial charge in [-0.1, -0.05) is 116 Å². The van der Waals surface area contributed by atoms with E-state index in [1.54, 1.807) is 0 Å². The first-order valence-corrected chi connectivity index (χ1v) is 15.9. The number of hydrogen-bond donors (Lipinski definition) is 0.